The topological polar surface area (TPSA) is 116 Å². The van der Waals surface area contributed by atoms with E-state index in [1.807, 2.05) is 0 Å². The predicted octanol–water partition coefficient (Wildman–Crippen LogP) is -1.37. The lowest BCUT2D eigenvalue weighted by atomic mass is 9.84. The minimum atomic E-state index is -1.57. The summed E-state index contributed by atoms with van der Waals surface area (Å²) in [6.45, 7) is 3.61. The third-order valence-electron chi connectivity index (χ3n) is 5.48. The standard InChI is InChI=1S/C17H24N4O5/c1-2-20-12(22)9-17(15(20)25)10-13(23)21(16(17)26)8-7-19-14(24)11-3-5-18-6-4-11/h11,18H,2-10H2,1H3,(H,19,24). The number of likely N-dealkylation sites (tertiary alicyclic amines) is 2. The minimum absolute atomic E-state index is 0.0176. The summed E-state index contributed by atoms with van der Waals surface area (Å²) in [4.78, 5) is 63.6. The van der Waals surface area contributed by atoms with Crippen molar-refractivity contribution in [3.05, 3.63) is 0 Å². The highest BCUT2D eigenvalue weighted by molar-refractivity contribution is 6.24. The Morgan fingerprint density at radius 1 is 1.08 bits per heavy atom. The molecule has 1 atom stereocenters. The zero-order valence-electron chi connectivity index (χ0n) is 14.9. The van der Waals surface area contributed by atoms with Crippen molar-refractivity contribution in [1.29, 1.82) is 0 Å². The van der Waals surface area contributed by atoms with E-state index in [9.17, 15) is 24.0 Å². The van der Waals surface area contributed by atoms with E-state index in [4.69, 9.17) is 0 Å². The van der Waals surface area contributed by atoms with E-state index >= 15 is 0 Å². The van der Waals surface area contributed by atoms with Gasteiger partial charge in [0.1, 0.15) is 5.41 Å². The van der Waals surface area contributed by atoms with Crippen LogP contribution in [0.1, 0.15) is 32.6 Å². The molecule has 2 N–H and O–H groups in total. The van der Waals surface area contributed by atoms with Crippen LogP contribution in [0.15, 0.2) is 0 Å². The number of carbonyl (C=O) groups is 5. The Labute approximate surface area is 151 Å². The third kappa shape index (κ3) is 3.00. The van der Waals surface area contributed by atoms with Crippen molar-refractivity contribution in [2.75, 3.05) is 32.7 Å². The van der Waals surface area contributed by atoms with Gasteiger partial charge in [-0.15, -0.1) is 0 Å². The van der Waals surface area contributed by atoms with Crippen LogP contribution >= 0.6 is 0 Å². The van der Waals surface area contributed by atoms with Gasteiger partial charge in [0.25, 0.3) is 0 Å². The lowest BCUT2D eigenvalue weighted by Crippen LogP contribution is -2.45. The second-order valence-electron chi connectivity index (χ2n) is 7.04. The van der Waals surface area contributed by atoms with Gasteiger partial charge in [-0.1, -0.05) is 0 Å². The fourth-order valence-electron chi connectivity index (χ4n) is 3.97. The zero-order chi connectivity index (χ0) is 18.9. The Bertz CT molecular complexity index is 658. The molecule has 0 aromatic rings. The minimum Gasteiger partial charge on any atom is -0.354 e. The van der Waals surface area contributed by atoms with Gasteiger partial charge in [0, 0.05) is 25.6 Å². The number of hydrogen-bond acceptors (Lipinski definition) is 6. The van der Waals surface area contributed by atoms with Crippen LogP contribution < -0.4 is 10.6 Å². The number of rotatable bonds is 5. The van der Waals surface area contributed by atoms with Crippen molar-refractivity contribution >= 4 is 29.5 Å². The molecule has 3 heterocycles. The summed E-state index contributed by atoms with van der Waals surface area (Å²) in [5, 5.41) is 5.95. The maximum absolute atomic E-state index is 12.7. The first-order chi connectivity index (χ1) is 12.4. The second-order valence-corrected chi connectivity index (χ2v) is 7.04. The molecule has 0 saturated carbocycles. The molecular weight excluding hydrogens is 340 g/mol. The number of piperidine rings is 1. The first-order valence-electron chi connectivity index (χ1n) is 9.08. The van der Waals surface area contributed by atoms with E-state index in [2.05, 4.69) is 10.6 Å². The zero-order valence-corrected chi connectivity index (χ0v) is 14.9. The Morgan fingerprint density at radius 3 is 2.23 bits per heavy atom. The lowest BCUT2D eigenvalue weighted by molar-refractivity contribution is -0.147. The van der Waals surface area contributed by atoms with Gasteiger partial charge in [0.15, 0.2) is 0 Å². The molecule has 5 amide bonds. The van der Waals surface area contributed by atoms with E-state index in [0.717, 1.165) is 35.7 Å². The molecule has 9 nitrogen and oxygen atoms in total. The van der Waals surface area contributed by atoms with Crippen LogP contribution in [0.5, 0.6) is 0 Å². The predicted molar refractivity (Wildman–Crippen MR) is 89.4 cm³/mol. The Kier molecular flexibility index (Phi) is 5.08. The molecule has 0 aromatic carbocycles. The molecule has 0 aromatic heterocycles. The normalized spacial score (nSPS) is 27.1. The van der Waals surface area contributed by atoms with Gasteiger partial charge in [-0.3, -0.25) is 33.8 Å². The summed E-state index contributed by atoms with van der Waals surface area (Å²) in [5.74, 6) is -2.22. The lowest BCUT2D eigenvalue weighted by Gasteiger charge is -2.23. The molecule has 0 radical (unpaired) electrons. The van der Waals surface area contributed by atoms with Gasteiger partial charge < -0.3 is 10.6 Å². The van der Waals surface area contributed by atoms with Gasteiger partial charge in [0.05, 0.1) is 12.8 Å². The SMILES string of the molecule is CCN1C(=O)CC2(CC(=O)N(CCNC(=O)C3CCNCC3)C2=O)C1=O. The number of hydrogen-bond donors (Lipinski definition) is 2. The van der Waals surface area contributed by atoms with Crippen LogP contribution in [0, 0.1) is 11.3 Å². The molecule has 9 heteroatoms. The van der Waals surface area contributed by atoms with Crippen LogP contribution in [-0.4, -0.2) is 72.1 Å². The maximum atomic E-state index is 12.7. The van der Waals surface area contributed by atoms with Gasteiger partial charge in [-0.2, -0.15) is 0 Å². The molecule has 3 aliphatic rings. The second kappa shape index (κ2) is 7.14. The van der Waals surface area contributed by atoms with Crippen LogP contribution in [0.3, 0.4) is 0 Å². The number of nitrogens with one attached hydrogen (secondary N) is 2. The van der Waals surface area contributed by atoms with E-state index in [1.54, 1.807) is 6.92 Å². The highest BCUT2D eigenvalue weighted by atomic mass is 16.2. The van der Waals surface area contributed by atoms with Crippen molar-refractivity contribution in [2.45, 2.75) is 32.6 Å². The summed E-state index contributed by atoms with van der Waals surface area (Å²) in [7, 11) is 0. The fourth-order valence-corrected chi connectivity index (χ4v) is 3.97. The molecule has 3 saturated heterocycles. The largest absolute Gasteiger partial charge is 0.354 e. The molecule has 1 spiro atoms. The number of amides is 5. The van der Waals surface area contributed by atoms with E-state index in [1.165, 1.54) is 0 Å². The quantitative estimate of drug-likeness (QED) is 0.459. The van der Waals surface area contributed by atoms with Crippen LogP contribution in [0.4, 0.5) is 0 Å². The first-order valence-corrected chi connectivity index (χ1v) is 9.08. The first kappa shape index (κ1) is 18.5. The Morgan fingerprint density at radius 2 is 1.65 bits per heavy atom. The fraction of sp³-hybridized carbons (Fsp3) is 0.706. The van der Waals surface area contributed by atoms with Crippen LogP contribution in [-0.2, 0) is 24.0 Å². The summed E-state index contributed by atoms with van der Waals surface area (Å²) in [6, 6.07) is 0. The number of imide groups is 2. The highest BCUT2D eigenvalue weighted by Gasteiger charge is 2.63. The highest BCUT2D eigenvalue weighted by Crippen LogP contribution is 2.42. The third-order valence-corrected chi connectivity index (χ3v) is 5.48. The number of carbonyl (C=O) groups excluding carboxylic acids is 5. The molecule has 3 rings (SSSR count). The molecule has 0 bridgehead atoms. The van der Waals surface area contributed by atoms with Crippen LogP contribution in [0.25, 0.3) is 0 Å². The Balaban J connectivity index is 1.59. The monoisotopic (exact) mass is 364 g/mol. The average Bonchev–Trinajstić information content (AvgIpc) is 3.02. The van der Waals surface area contributed by atoms with Gasteiger partial charge >= 0.3 is 0 Å². The summed E-state index contributed by atoms with van der Waals surface area (Å²) < 4.78 is 0. The molecule has 1 unspecified atom stereocenters. The summed E-state index contributed by atoms with van der Waals surface area (Å²) >= 11 is 0. The van der Waals surface area contributed by atoms with Crippen molar-refractivity contribution in [2.24, 2.45) is 11.3 Å². The summed E-state index contributed by atoms with van der Waals surface area (Å²) in [6.07, 6.45) is 1.01. The van der Waals surface area contributed by atoms with E-state index in [-0.39, 0.29) is 44.3 Å². The van der Waals surface area contributed by atoms with Gasteiger partial charge in [-0.25, -0.2) is 0 Å². The molecule has 3 fully saturated rings. The van der Waals surface area contributed by atoms with E-state index < -0.39 is 29.0 Å². The Hall–Kier alpha value is -2.29. The summed E-state index contributed by atoms with van der Waals surface area (Å²) in [5.41, 5.74) is -1.57. The van der Waals surface area contributed by atoms with Gasteiger partial charge in [-0.05, 0) is 32.9 Å². The number of nitrogens with zero attached hydrogens (tertiary/aromatic N) is 2. The average molecular weight is 364 g/mol. The van der Waals surface area contributed by atoms with Crippen molar-refractivity contribution < 1.29 is 24.0 Å². The van der Waals surface area contributed by atoms with Crippen LogP contribution in [0.2, 0.25) is 0 Å². The van der Waals surface area contributed by atoms with Gasteiger partial charge in [0.2, 0.25) is 29.5 Å². The smallest absolute Gasteiger partial charge is 0.246 e. The van der Waals surface area contributed by atoms with Crippen molar-refractivity contribution in [3.63, 3.8) is 0 Å². The molecule has 0 aliphatic carbocycles. The molecule has 26 heavy (non-hydrogen) atoms. The molecule has 142 valence electrons. The maximum Gasteiger partial charge on any atom is 0.246 e. The van der Waals surface area contributed by atoms with Crippen molar-refractivity contribution in [1.82, 2.24) is 20.4 Å². The molecule has 3 aliphatic heterocycles. The van der Waals surface area contributed by atoms with E-state index in [0.29, 0.717) is 0 Å². The molecular formula is C17H24N4O5. The van der Waals surface area contributed by atoms with Crippen molar-refractivity contribution in [3.8, 4) is 0 Å².